The molecule has 1 saturated heterocycles. The van der Waals surface area contributed by atoms with Gasteiger partial charge in [-0.15, -0.1) is 0 Å². The largest absolute Gasteiger partial charge is 0.372 e. The first-order chi connectivity index (χ1) is 12.3. The number of piperidine rings is 1. The summed E-state index contributed by atoms with van der Waals surface area (Å²) in [4.78, 5) is 2.51. The van der Waals surface area contributed by atoms with Crippen LogP contribution in [0.15, 0.2) is 30.3 Å². The van der Waals surface area contributed by atoms with Gasteiger partial charge in [0, 0.05) is 56.9 Å². The fraction of sp³-hybridized carbons (Fsp3) is 0.550. The molecule has 2 aliphatic rings. The molecule has 3 heterocycles. The molecule has 4 rings (SSSR count). The van der Waals surface area contributed by atoms with Gasteiger partial charge in [-0.05, 0) is 43.9 Å². The Labute approximate surface area is 150 Å². The second kappa shape index (κ2) is 7.48. The minimum absolute atomic E-state index is 0.583. The highest BCUT2D eigenvalue weighted by Gasteiger charge is 2.18. The molecule has 0 saturated carbocycles. The summed E-state index contributed by atoms with van der Waals surface area (Å²) in [6.07, 6.45) is 4.04. The summed E-state index contributed by atoms with van der Waals surface area (Å²) in [6.45, 7) is 8.43. The third kappa shape index (κ3) is 3.98. The van der Waals surface area contributed by atoms with E-state index in [1.54, 1.807) is 0 Å². The Hall–Kier alpha value is -2.01. The standard InChI is InChI=1S/C20H29N5/c1-16-11-20-22-14-18(15-25(20)23-16)13-21-12-17-5-7-19(8-6-17)24-9-3-2-4-10-24/h5-8,11,18,21-22H,2-4,9-10,12-15H2,1H3/t18-/m1/s1. The fourth-order valence-corrected chi connectivity index (χ4v) is 3.92. The van der Waals surface area contributed by atoms with Crippen LogP contribution in [-0.2, 0) is 13.1 Å². The molecular weight excluding hydrogens is 310 g/mol. The number of hydrogen-bond donors (Lipinski definition) is 2. The van der Waals surface area contributed by atoms with Crippen LogP contribution in [0.4, 0.5) is 11.5 Å². The molecule has 0 spiro atoms. The number of benzene rings is 1. The molecule has 5 nitrogen and oxygen atoms in total. The molecule has 0 aliphatic carbocycles. The molecule has 0 unspecified atom stereocenters. The van der Waals surface area contributed by atoms with E-state index in [2.05, 4.69) is 55.6 Å². The Morgan fingerprint density at radius 1 is 1.16 bits per heavy atom. The molecule has 1 aromatic heterocycles. The maximum Gasteiger partial charge on any atom is 0.124 e. The molecule has 2 aromatic rings. The van der Waals surface area contributed by atoms with Crippen molar-refractivity contribution in [2.24, 2.45) is 5.92 Å². The van der Waals surface area contributed by atoms with E-state index in [9.17, 15) is 0 Å². The average Bonchev–Trinajstić information content (AvgIpc) is 3.02. The highest BCUT2D eigenvalue weighted by molar-refractivity contribution is 5.47. The number of nitrogens with one attached hydrogen (secondary N) is 2. The number of nitrogens with zero attached hydrogens (tertiary/aromatic N) is 3. The molecular formula is C20H29N5. The Morgan fingerprint density at radius 2 is 1.96 bits per heavy atom. The second-order valence-corrected chi connectivity index (χ2v) is 7.45. The highest BCUT2D eigenvalue weighted by Crippen LogP contribution is 2.21. The zero-order valence-corrected chi connectivity index (χ0v) is 15.2. The molecule has 1 aromatic carbocycles. The monoisotopic (exact) mass is 339 g/mol. The van der Waals surface area contributed by atoms with Crippen molar-refractivity contribution >= 4 is 11.5 Å². The molecule has 2 aliphatic heterocycles. The Bertz CT molecular complexity index is 685. The summed E-state index contributed by atoms with van der Waals surface area (Å²) < 4.78 is 2.10. The molecule has 1 fully saturated rings. The fourth-order valence-electron chi connectivity index (χ4n) is 3.92. The molecule has 0 bridgehead atoms. The van der Waals surface area contributed by atoms with E-state index < -0.39 is 0 Å². The van der Waals surface area contributed by atoms with Gasteiger partial charge in [-0.2, -0.15) is 5.10 Å². The predicted molar refractivity (Wildman–Crippen MR) is 103 cm³/mol. The maximum atomic E-state index is 4.54. The van der Waals surface area contributed by atoms with E-state index >= 15 is 0 Å². The molecule has 25 heavy (non-hydrogen) atoms. The van der Waals surface area contributed by atoms with Crippen LogP contribution in [-0.4, -0.2) is 36.0 Å². The summed E-state index contributed by atoms with van der Waals surface area (Å²) in [5.74, 6) is 1.74. The summed E-state index contributed by atoms with van der Waals surface area (Å²) in [6, 6.07) is 11.2. The Morgan fingerprint density at radius 3 is 2.76 bits per heavy atom. The first-order valence-corrected chi connectivity index (χ1v) is 9.61. The van der Waals surface area contributed by atoms with Crippen LogP contribution in [0.3, 0.4) is 0 Å². The zero-order valence-electron chi connectivity index (χ0n) is 15.2. The van der Waals surface area contributed by atoms with Gasteiger partial charge in [-0.1, -0.05) is 12.1 Å². The van der Waals surface area contributed by atoms with Crippen molar-refractivity contribution in [3.05, 3.63) is 41.6 Å². The number of hydrogen-bond acceptors (Lipinski definition) is 4. The van der Waals surface area contributed by atoms with E-state index in [-0.39, 0.29) is 0 Å². The predicted octanol–water partition coefficient (Wildman–Crippen LogP) is 3.01. The molecule has 2 N–H and O–H groups in total. The van der Waals surface area contributed by atoms with Crippen molar-refractivity contribution in [1.29, 1.82) is 0 Å². The zero-order chi connectivity index (χ0) is 17.1. The minimum atomic E-state index is 0.583. The highest BCUT2D eigenvalue weighted by atomic mass is 15.3. The minimum Gasteiger partial charge on any atom is -0.372 e. The molecule has 5 heteroatoms. The number of anilines is 2. The lowest BCUT2D eigenvalue weighted by Gasteiger charge is -2.29. The number of rotatable bonds is 5. The van der Waals surface area contributed by atoms with E-state index in [1.807, 2.05) is 6.92 Å². The lowest BCUT2D eigenvalue weighted by atomic mass is 10.1. The summed E-state index contributed by atoms with van der Waals surface area (Å²) >= 11 is 0. The first kappa shape index (κ1) is 16.5. The Kier molecular flexibility index (Phi) is 4.92. The number of fused-ring (bicyclic) bond motifs is 1. The van der Waals surface area contributed by atoms with E-state index in [1.165, 1.54) is 43.6 Å². The summed E-state index contributed by atoms with van der Waals surface area (Å²) in [7, 11) is 0. The third-order valence-electron chi connectivity index (χ3n) is 5.32. The molecule has 0 amide bonds. The van der Waals surface area contributed by atoms with Gasteiger partial charge in [0.2, 0.25) is 0 Å². The summed E-state index contributed by atoms with van der Waals surface area (Å²) in [5.41, 5.74) is 3.83. The van der Waals surface area contributed by atoms with Crippen LogP contribution < -0.4 is 15.5 Å². The second-order valence-electron chi connectivity index (χ2n) is 7.45. The topological polar surface area (TPSA) is 45.1 Å². The number of aromatic nitrogens is 2. The van der Waals surface area contributed by atoms with E-state index in [0.29, 0.717) is 5.92 Å². The lowest BCUT2D eigenvalue weighted by molar-refractivity contribution is 0.390. The van der Waals surface area contributed by atoms with Crippen LogP contribution in [0, 0.1) is 12.8 Å². The third-order valence-corrected chi connectivity index (χ3v) is 5.32. The van der Waals surface area contributed by atoms with Crippen LogP contribution in [0.25, 0.3) is 0 Å². The van der Waals surface area contributed by atoms with Crippen LogP contribution in [0.1, 0.15) is 30.5 Å². The van der Waals surface area contributed by atoms with Crippen molar-refractivity contribution < 1.29 is 0 Å². The average molecular weight is 339 g/mol. The number of aryl methyl sites for hydroxylation is 1. The van der Waals surface area contributed by atoms with Crippen molar-refractivity contribution in [3.8, 4) is 0 Å². The van der Waals surface area contributed by atoms with Crippen molar-refractivity contribution in [2.75, 3.05) is 36.4 Å². The van der Waals surface area contributed by atoms with Gasteiger partial charge in [0.15, 0.2) is 0 Å². The molecule has 1 atom stereocenters. The van der Waals surface area contributed by atoms with Crippen LogP contribution in [0.2, 0.25) is 0 Å². The first-order valence-electron chi connectivity index (χ1n) is 9.61. The van der Waals surface area contributed by atoms with Crippen LogP contribution >= 0.6 is 0 Å². The normalized spacial score (nSPS) is 20.2. The maximum absolute atomic E-state index is 4.54. The molecule has 0 radical (unpaired) electrons. The SMILES string of the molecule is Cc1cc2n(n1)C[C@H](CNCc1ccc(N3CCCCC3)cc1)CN2. The lowest BCUT2D eigenvalue weighted by Crippen LogP contribution is -2.35. The summed E-state index contributed by atoms with van der Waals surface area (Å²) in [5, 5.41) is 11.6. The van der Waals surface area contributed by atoms with Gasteiger partial charge in [0.05, 0.1) is 5.69 Å². The van der Waals surface area contributed by atoms with Crippen molar-refractivity contribution in [1.82, 2.24) is 15.1 Å². The van der Waals surface area contributed by atoms with Gasteiger partial charge in [0.25, 0.3) is 0 Å². The van der Waals surface area contributed by atoms with E-state index in [0.717, 1.165) is 37.7 Å². The van der Waals surface area contributed by atoms with E-state index in [4.69, 9.17) is 0 Å². The quantitative estimate of drug-likeness (QED) is 0.879. The van der Waals surface area contributed by atoms with Gasteiger partial charge >= 0.3 is 0 Å². The Balaban J connectivity index is 1.25. The van der Waals surface area contributed by atoms with Crippen molar-refractivity contribution in [3.63, 3.8) is 0 Å². The van der Waals surface area contributed by atoms with Gasteiger partial charge in [-0.25, -0.2) is 4.68 Å². The van der Waals surface area contributed by atoms with Gasteiger partial charge in [-0.3, -0.25) is 0 Å². The molecule has 134 valence electrons. The van der Waals surface area contributed by atoms with Crippen molar-refractivity contribution in [2.45, 2.75) is 39.3 Å². The van der Waals surface area contributed by atoms with Gasteiger partial charge < -0.3 is 15.5 Å². The smallest absolute Gasteiger partial charge is 0.124 e. The van der Waals surface area contributed by atoms with Gasteiger partial charge in [0.1, 0.15) is 5.82 Å². The van der Waals surface area contributed by atoms with Crippen LogP contribution in [0.5, 0.6) is 0 Å².